The van der Waals surface area contributed by atoms with E-state index in [1.807, 2.05) is 18.2 Å². The molecule has 0 spiro atoms. The third-order valence-corrected chi connectivity index (χ3v) is 28.7. The van der Waals surface area contributed by atoms with Crippen molar-refractivity contribution in [2.24, 2.45) is 0 Å². The molecule has 0 unspecified atom stereocenters. The molecule has 3 aromatic heterocycles. The summed E-state index contributed by atoms with van der Waals surface area (Å²) >= 11 is 5.14. The van der Waals surface area contributed by atoms with Gasteiger partial charge in [-0.2, -0.15) is 15.0 Å². The number of fused-ring (bicyclic) bond motifs is 23. The molecule has 0 aliphatic heterocycles. The van der Waals surface area contributed by atoms with Crippen LogP contribution in [0.5, 0.6) is 17.2 Å². The second-order valence-electron chi connectivity index (χ2n) is 33.5. The van der Waals surface area contributed by atoms with Crippen molar-refractivity contribution < 1.29 is 30.3 Å². The summed E-state index contributed by atoms with van der Waals surface area (Å²) in [6, 6.07) is 85.6. The quantitative estimate of drug-likeness (QED) is 0.164. The van der Waals surface area contributed by atoms with Crippen LogP contribution in [0, 0.1) is 0 Å². The van der Waals surface area contributed by atoms with Gasteiger partial charge in [0.1, 0.15) is 14.1 Å². The Bertz CT molecular complexity index is 6630. The maximum Gasteiger partial charge on any atom is 2.00 e. The van der Waals surface area contributed by atoms with Crippen LogP contribution < -0.4 is 30.3 Å². The number of nitrogens with one attached hydrogen (secondary N) is 3. The molecule has 6 aliphatic carbocycles. The zero-order chi connectivity index (χ0) is 74.2. The van der Waals surface area contributed by atoms with Crippen LogP contribution in [0.4, 0.5) is 0 Å². The van der Waals surface area contributed by atoms with Gasteiger partial charge in [-0.3, -0.25) is 0 Å². The van der Waals surface area contributed by atoms with Gasteiger partial charge in [-0.15, -0.1) is 0 Å². The van der Waals surface area contributed by atoms with Gasteiger partial charge in [0.15, 0.2) is 0 Å². The van der Waals surface area contributed by atoms with Crippen molar-refractivity contribution in [1.82, 2.24) is 0 Å². The number of benzene rings is 13. The smallest absolute Gasteiger partial charge is 0.872 e. The number of aromatic nitrogens is 3. The van der Waals surface area contributed by atoms with Gasteiger partial charge in [0.25, 0.3) is 15.0 Å². The van der Waals surface area contributed by atoms with Crippen LogP contribution in [0.2, 0.25) is 0 Å². The van der Waals surface area contributed by atoms with Gasteiger partial charge >= 0.3 is 30.4 Å². The Morgan fingerprint density at radius 2 is 0.622 bits per heavy atom. The molecule has 3 N–H and O–H groups in total. The van der Waals surface area contributed by atoms with Crippen LogP contribution in [0.25, 0.3) is 140 Å². The molecule has 13 aromatic carbocycles. The van der Waals surface area contributed by atoms with Crippen molar-refractivity contribution in [3.05, 3.63) is 309 Å². The molecular formula is C99H79Be3N3O3S3+6. The van der Waals surface area contributed by atoms with Crippen LogP contribution in [0.15, 0.2) is 243 Å². The second kappa shape index (κ2) is 25.5. The van der Waals surface area contributed by atoms with Gasteiger partial charge in [0.05, 0.1) is 16.7 Å². The molecule has 0 saturated heterocycles. The zero-order valence-corrected chi connectivity index (χ0v) is 67.1. The van der Waals surface area contributed by atoms with E-state index in [1.54, 1.807) is 46.1 Å². The van der Waals surface area contributed by atoms with E-state index in [0.717, 1.165) is 65.0 Å². The molecule has 0 saturated carbocycles. The van der Waals surface area contributed by atoms with Crippen LogP contribution in [-0.4, -0.2) is 30.4 Å². The first-order chi connectivity index (χ1) is 51.8. The first-order valence-electron chi connectivity index (χ1n) is 37.6. The van der Waals surface area contributed by atoms with E-state index in [4.69, 9.17) is 0 Å². The fourth-order valence-corrected chi connectivity index (χ4v) is 23.7. The molecule has 111 heavy (non-hydrogen) atoms. The molecule has 12 heteroatoms. The van der Waals surface area contributed by atoms with Gasteiger partial charge in [0, 0.05) is 56.3 Å². The number of thiazole rings is 3. The Labute approximate surface area is 672 Å². The maximum atomic E-state index is 13.6. The first kappa shape index (κ1) is 73.2. The van der Waals surface area contributed by atoms with Crippen LogP contribution in [0.1, 0.15) is 150 Å². The average molecular weight is 1480 g/mol. The van der Waals surface area contributed by atoms with Gasteiger partial charge in [-0.1, -0.05) is 328 Å². The summed E-state index contributed by atoms with van der Waals surface area (Å²) in [5, 5.41) is 43.2. The monoisotopic (exact) mass is 1480 g/mol. The Morgan fingerprint density at radius 3 is 1.21 bits per heavy atom. The van der Waals surface area contributed by atoms with Crippen molar-refractivity contribution in [2.75, 3.05) is 0 Å². The van der Waals surface area contributed by atoms with Gasteiger partial charge in [-0.25, -0.2) is 0 Å². The van der Waals surface area contributed by atoms with Gasteiger partial charge in [-0.05, 0) is 169 Å². The predicted molar refractivity (Wildman–Crippen MR) is 458 cm³/mol. The maximum absolute atomic E-state index is 13.6. The topological polar surface area (TPSA) is 112 Å². The first-order valence-corrected chi connectivity index (χ1v) is 40.0. The minimum absolute atomic E-state index is 0. The van der Waals surface area contributed by atoms with E-state index < -0.39 is 0 Å². The van der Waals surface area contributed by atoms with Crippen molar-refractivity contribution in [3.8, 4) is 127 Å². The average Bonchev–Trinajstić information content (AvgIpc) is 1.56. The van der Waals surface area contributed by atoms with Gasteiger partial charge < -0.3 is 15.3 Å². The third kappa shape index (κ3) is 10.4. The SMILES string of the molecule is CC1(C)c2ccccc2-c2cc(-c3[nH+]c4ccc5c(c4s3)C(C)(C)c3cc(-c4ccccc4)ccc3-5)c([O-])cc21.CC1(C)c2ccccc2-c2cc3[nH+]c(-c4c([O-])ccc5c4-c4ccccc4C5(C)C)sc3cc21.CC1(C)c2ccccc2-c2ccc([O-])c(-c3[nH+]c4ccc5c(c4s3)C(C)(C)c3ccccc3-5)c21.[Be+2].[Be+2].[Be+2]. The van der Waals surface area contributed by atoms with Crippen molar-refractivity contribution in [3.63, 3.8) is 0 Å². The molecule has 16 aromatic rings. The normalized spacial score (nSPS) is 15.5. The summed E-state index contributed by atoms with van der Waals surface area (Å²) < 4.78 is 3.67. The van der Waals surface area contributed by atoms with Crippen LogP contribution >= 0.6 is 34.0 Å². The third-order valence-electron chi connectivity index (χ3n) is 25.4. The Morgan fingerprint density at radius 1 is 0.234 bits per heavy atom. The molecule has 0 fully saturated rings. The molecule has 22 rings (SSSR count). The van der Waals surface area contributed by atoms with E-state index in [1.165, 1.54) is 142 Å². The molecule has 0 radical (unpaired) electrons. The number of hydrogen-bond donors (Lipinski definition) is 0. The summed E-state index contributed by atoms with van der Waals surface area (Å²) in [6.07, 6.45) is 0. The number of H-pyrrole nitrogens is 3. The Hall–Kier alpha value is -10.6. The summed E-state index contributed by atoms with van der Waals surface area (Å²) in [7, 11) is 0. The molecule has 526 valence electrons. The number of aromatic amines is 3. The summed E-state index contributed by atoms with van der Waals surface area (Å²) in [5.41, 5.74) is 37.8. The Kier molecular flexibility index (Phi) is 16.8. The fourth-order valence-electron chi connectivity index (χ4n) is 19.9. The van der Waals surface area contributed by atoms with Crippen molar-refractivity contribution >= 4 is 95.0 Å². The van der Waals surface area contributed by atoms with E-state index in [9.17, 15) is 15.3 Å². The fraction of sp³-hybridized carbons (Fsp3) is 0.182. The second-order valence-corrected chi connectivity index (χ2v) is 36.6. The molecule has 0 amide bonds. The predicted octanol–water partition coefficient (Wildman–Crippen LogP) is 21.7. The van der Waals surface area contributed by atoms with Crippen molar-refractivity contribution in [2.45, 2.75) is 116 Å². The molecule has 6 aliphatic rings. The zero-order valence-electron chi connectivity index (χ0n) is 64.7. The van der Waals surface area contributed by atoms with Crippen LogP contribution in [-0.2, 0) is 32.5 Å². The van der Waals surface area contributed by atoms with E-state index in [2.05, 4.69) is 310 Å². The van der Waals surface area contributed by atoms with Gasteiger partial charge in [0.2, 0.25) is 16.6 Å². The number of hydrogen-bond acceptors (Lipinski definition) is 6. The molecule has 0 bridgehead atoms. The summed E-state index contributed by atoms with van der Waals surface area (Å²) in [4.78, 5) is 10.9. The minimum Gasteiger partial charge on any atom is -0.872 e. The summed E-state index contributed by atoms with van der Waals surface area (Å²) in [6.45, 7) is 27.3. The largest absolute Gasteiger partial charge is 2.00 e. The van der Waals surface area contributed by atoms with E-state index in [0.29, 0.717) is 0 Å². The minimum atomic E-state index is -0.233. The molecular weight excluding hydrogens is 1400 g/mol. The summed E-state index contributed by atoms with van der Waals surface area (Å²) in [5.74, 6) is 0.239. The number of rotatable bonds is 4. The van der Waals surface area contributed by atoms with E-state index in [-0.39, 0.29) is 80.1 Å². The van der Waals surface area contributed by atoms with Crippen LogP contribution in [0.3, 0.4) is 0 Å². The van der Waals surface area contributed by atoms with E-state index >= 15 is 0 Å². The van der Waals surface area contributed by atoms with Crippen molar-refractivity contribution in [1.29, 1.82) is 0 Å². The molecule has 0 atom stereocenters. The Balaban J connectivity index is 0.000000120. The molecule has 3 heterocycles. The standard InChI is InChI=1S/C37H29NOS.2C31H25NOS.3Be/c1-36(2)28-13-9-8-12-23(28)26-19-27(32(39)20-30(26)36)35-38-31-17-16-25-24-15-14-22(21-10-6-5-7-11-21)18-29(24)37(3,4)33(25)34(31)40-35;1-30(2)21-11-7-5-9-17(21)19-14-16-24(33)25(26(19)30)29-32-23-15-13-20-18-10-6-8-12-22(18)31(3,4)27(20)28(23)34-29;1-30(2)21-12-8-6-10-18(21)27-22(30)13-14-25(33)28(27)29-32-24-15-19-17-9-5-7-11-20(17)31(3,4)23(19)16-26(24)34-29;;;/h5-20,39H,1-4H3;2*5-16,33H,1-4H3;;;/q;;;3*+2. The molecule has 6 nitrogen and oxygen atoms in total.